The summed E-state index contributed by atoms with van der Waals surface area (Å²) in [6.45, 7) is 14.5. The van der Waals surface area contributed by atoms with Gasteiger partial charge in [-0.3, -0.25) is 4.68 Å². The van der Waals surface area contributed by atoms with Crippen molar-refractivity contribution in [3.05, 3.63) is 28.4 Å². The Bertz CT molecular complexity index is 436. The second kappa shape index (κ2) is 6.83. The van der Waals surface area contributed by atoms with E-state index in [1.165, 1.54) is 0 Å². The smallest absolute Gasteiger partial charge is 0.0728 e. The maximum Gasteiger partial charge on any atom is 0.0728 e. The minimum Gasteiger partial charge on any atom is -0.262 e. The van der Waals surface area contributed by atoms with Gasteiger partial charge in [-0.1, -0.05) is 33.9 Å². The van der Waals surface area contributed by atoms with Crippen LogP contribution in [0.25, 0.3) is 12.2 Å². The number of hydrogen-bond donors (Lipinski definition) is 1. The zero-order valence-corrected chi connectivity index (χ0v) is 12.3. The summed E-state index contributed by atoms with van der Waals surface area (Å²) in [5.74, 6) is 0.398. The molecule has 0 aliphatic rings. The monoisotopic (exact) mass is 266 g/mol. The van der Waals surface area contributed by atoms with Crippen molar-refractivity contribution in [2.75, 3.05) is 0 Å². The first-order valence-corrected chi connectivity index (χ1v) is 6.45. The first-order chi connectivity index (χ1) is 7.88. The van der Waals surface area contributed by atoms with Crippen LogP contribution in [0, 0.1) is 0 Å². The van der Waals surface area contributed by atoms with Gasteiger partial charge in [0.15, 0.2) is 0 Å². The highest BCUT2D eigenvalue weighted by Crippen LogP contribution is 2.27. The van der Waals surface area contributed by atoms with Crippen molar-refractivity contribution >= 4 is 24.8 Å². The Kier molecular flexibility index (Phi) is 6.47. The number of rotatable bonds is 4. The van der Waals surface area contributed by atoms with Crippen molar-refractivity contribution in [1.82, 2.24) is 9.78 Å². The van der Waals surface area contributed by atoms with Crippen LogP contribution in [-0.4, -0.2) is 9.78 Å². The maximum absolute atomic E-state index is 4.70. The topological polar surface area (TPSA) is 17.8 Å². The van der Waals surface area contributed by atoms with E-state index in [0.717, 1.165) is 21.9 Å². The number of allylic oxidation sites excluding steroid dienone is 1. The Morgan fingerprint density at radius 2 is 1.89 bits per heavy atom. The molecule has 2 nitrogen and oxygen atoms in total. The van der Waals surface area contributed by atoms with Crippen molar-refractivity contribution < 1.29 is 0 Å². The maximum atomic E-state index is 4.70. The molecule has 1 rings (SSSR count). The second-order valence-electron chi connectivity index (χ2n) is 4.87. The molecule has 0 atom stereocenters. The molecule has 3 heteroatoms. The third kappa shape index (κ3) is 3.52. The molecular weight excluding hydrogens is 240 g/mol. The fraction of sp³-hybridized carbons (Fsp3) is 0.533. The number of thiol groups is 1. The van der Waals surface area contributed by atoms with Crippen LogP contribution in [0.3, 0.4) is 0 Å². The van der Waals surface area contributed by atoms with Crippen LogP contribution in [0.5, 0.6) is 0 Å². The molecule has 0 spiro atoms. The van der Waals surface area contributed by atoms with Crippen LogP contribution in [-0.2, 0) is 0 Å². The summed E-state index contributed by atoms with van der Waals surface area (Å²) >= 11 is 4.36. The first kappa shape index (κ1) is 17.0. The summed E-state index contributed by atoms with van der Waals surface area (Å²) < 4.78 is 2.05. The highest BCUT2D eigenvalue weighted by Gasteiger charge is 2.17. The van der Waals surface area contributed by atoms with E-state index in [4.69, 9.17) is 5.10 Å². The minimum atomic E-state index is 0. The van der Waals surface area contributed by atoms with Gasteiger partial charge in [0.2, 0.25) is 0 Å². The third-order valence-corrected chi connectivity index (χ3v) is 2.73. The van der Waals surface area contributed by atoms with E-state index < -0.39 is 0 Å². The summed E-state index contributed by atoms with van der Waals surface area (Å²) in [4.78, 5) is 0.977. The van der Waals surface area contributed by atoms with Crippen LogP contribution in [0.15, 0.2) is 11.5 Å². The van der Waals surface area contributed by atoms with Crippen molar-refractivity contribution in [1.29, 1.82) is 0 Å². The van der Waals surface area contributed by atoms with E-state index in [2.05, 4.69) is 53.0 Å². The van der Waals surface area contributed by atoms with E-state index in [0.29, 0.717) is 12.0 Å². The molecule has 1 aromatic heterocycles. The Labute approximate surface area is 117 Å². The molecule has 18 heavy (non-hydrogen) atoms. The van der Waals surface area contributed by atoms with Gasteiger partial charge < -0.3 is 0 Å². The average Bonchev–Trinajstić information content (AvgIpc) is 2.55. The standard InChI is InChI=1S/C14H22N2S.CH4/c1-7-12-13(8-11(6)17)16(10(4)5)15-14(12)9(2)3;/h7-10,17H,1H2,2-6H3;1H4/b11-8+;. The van der Waals surface area contributed by atoms with E-state index in [1.807, 2.05) is 17.7 Å². The van der Waals surface area contributed by atoms with Gasteiger partial charge in [-0.25, -0.2) is 0 Å². The first-order valence-electron chi connectivity index (χ1n) is 6.00. The van der Waals surface area contributed by atoms with Crippen molar-refractivity contribution in [2.24, 2.45) is 0 Å². The van der Waals surface area contributed by atoms with Crippen molar-refractivity contribution in [3.8, 4) is 0 Å². The Morgan fingerprint density at radius 1 is 1.33 bits per heavy atom. The second-order valence-corrected chi connectivity index (χ2v) is 5.57. The molecule has 0 saturated heterocycles. The predicted octanol–water partition coefficient (Wildman–Crippen LogP) is 5.16. The van der Waals surface area contributed by atoms with Crippen LogP contribution < -0.4 is 0 Å². The summed E-state index contributed by atoms with van der Waals surface area (Å²) in [5.41, 5.74) is 3.34. The molecule has 0 fully saturated rings. The molecule has 102 valence electrons. The summed E-state index contributed by atoms with van der Waals surface area (Å²) in [5, 5.41) is 4.70. The highest BCUT2D eigenvalue weighted by molar-refractivity contribution is 7.84. The Morgan fingerprint density at radius 3 is 2.22 bits per heavy atom. The van der Waals surface area contributed by atoms with E-state index in [-0.39, 0.29) is 7.43 Å². The van der Waals surface area contributed by atoms with Crippen LogP contribution in [0.4, 0.5) is 0 Å². The van der Waals surface area contributed by atoms with Gasteiger partial charge >= 0.3 is 0 Å². The average molecular weight is 266 g/mol. The fourth-order valence-corrected chi connectivity index (χ4v) is 1.97. The summed E-state index contributed by atoms with van der Waals surface area (Å²) in [7, 11) is 0. The number of aromatic nitrogens is 2. The van der Waals surface area contributed by atoms with Gasteiger partial charge in [-0.15, -0.1) is 12.6 Å². The third-order valence-electron chi connectivity index (χ3n) is 2.60. The van der Waals surface area contributed by atoms with Gasteiger partial charge in [-0.2, -0.15) is 5.10 Å². The van der Waals surface area contributed by atoms with Gasteiger partial charge in [0, 0.05) is 11.6 Å². The van der Waals surface area contributed by atoms with Crippen LogP contribution in [0.2, 0.25) is 0 Å². The molecule has 0 unspecified atom stereocenters. The van der Waals surface area contributed by atoms with Gasteiger partial charge in [0.05, 0.1) is 11.4 Å². The van der Waals surface area contributed by atoms with E-state index >= 15 is 0 Å². The minimum absolute atomic E-state index is 0. The molecule has 0 saturated carbocycles. The molecule has 0 amide bonds. The zero-order valence-electron chi connectivity index (χ0n) is 11.4. The molecule has 0 aliphatic carbocycles. The molecule has 0 aliphatic heterocycles. The molecule has 1 heterocycles. The molecule has 0 N–H and O–H groups in total. The SMILES string of the molecule is C.C=Cc1c(C(C)C)nn(C(C)C)c1/C=C(\C)S. The lowest BCUT2D eigenvalue weighted by molar-refractivity contribution is 0.519. The number of hydrogen-bond acceptors (Lipinski definition) is 2. The largest absolute Gasteiger partial charge is 0.262 e. The van der Waals surface area contributed by atoms with Gasteiger partial charge in [0.1, 0.15) is 0 Å². The molecule has 1 aromatic rings. The lowest BCUT2D eigenvalue weighted by atomic mass is 10.0. The Balaban J connectivity index is 0.00000289. The lowest BCUT2D eigenvalue weighted by Gasteiger charge is -2.09. The van der Waals surface area contributed by atoms with Crippen LogP contribution >= 0.6 is 12.6 Å². The molecule has 0 radical (unpaired) electrons. The zero-order chi connectivity index (χ0) is 13.2. The molecule has 0 aromatic carbocycles. The normalized spacial score (nSPS) is 11.9. The Hall–Kier alpha value is -0.960. The van der Waals surface area contributed by atoms with Gasteiger partial charge in [-0.05, 0) is 37.7 Å². The summed E-state index contributed by atoms with van der Waals surface area (Å²) in [6.07, 6.45) is 3.95. The quantitative estimate of drug-likeness (QED) is 0.745. The number of nitrogens with zero attached hydrogens (tertiary/aromatic N) is 2. The van der Waals surface area contributed by atoms with Crippen LogP contribution in [0.1, 0.15) is 71.0 Å². The molecule has 0 bridgehead atoms. The van der Waals surface area contributed by atoms with Crippen molar-refractivity contribution in [2.45, 2.75) is 54.0 Å². The predicted molar refractivity (Wildman–Crippen MR) is 86.2 cm³/mol. The highest BCUT2D eigenvalue weighted by atomic mass is 32.1. The van der Waals surface area contributed by atoms with Crippen molar-refractivity contribution in [3.63, 3.8) is 0 Å². The van der Waals surface area contributed by atoms with E-state index in [9.17, 15) is 0 Å². The lowest BCUT2D eigenvalue weighted by Crippen LogP contribution is -2.05. The fourth-order valence-electron chi connectivity index (χ4n) is 1.85. The van der Waals surface area contributed by atoms with E-state index in [1.54, 1.807) is 0 Å². The molecular formula is C15H26N2S. The summed E-state index contributed by atoms with van der Waals surface area (Å²) in [6, 6.07) is 0.333. The van der Waals surface area contributed by atoms with Gasteiger partial charge in [0.25, 0.3) is 0 Å².